The SMILES string of the molecule is O=C(Cc1ccc(F)cc1F)c1cc(NC(=O)C2C(c3ccc(C(F)(F)F)c(Br)c3)C2(Cl)Cl)ccc1Cl. The van der Waals surface area contributed by atoms with Crippen molar-refractivity contribution >= 4 is 68.1 Å². The molecular formula is C25H14BrCl3F5NO2. The van der Waals surface area contributed by atoms with Crippen molar-refractivity contribution in [2.75, 3.05) is 5.32 Å². The number of rotatable bonds is 6. The molecule has 1 saturated carbocycles. The van der Waals surface area contributed by atoms with Gasteiger partial charge in [0.2, 0.25) is 5.91 Å². The molecule has 194 valence electrons. The van der Waals surface area contributed by atoms with E-state index < -0.39 is 57.7 Å². The van der Waals surface area contributed by atoms with Crippen LogP contribution in [0.4, 0.5) is 27.6 Å². The highest BCUT2D eigenvalue weighted by Gasteiger charge is 2.67. The molecule has 12 heteroatoms. The summed E-state index contributed by atoms with van der Waals surface area (Å²) in [6.07, 6.45) is -4.97. The van der Waals surface area contributed by atoms with Gasteiger partial charge in [-0.3, -0.25) is 9.59 Å². The molecule has 3 aromatic rings. The summed E-state index contributed by atoms with van der Waals surface area (Å²) in [6, 6.07) is 10.2. The zero-order valence-electron chi connectivity index (χ0n) is 18.3. The van der Waals surface area contributed by atoms with Gasteiger partial charge in [0.1, 0.15) is 16.0 Å². The van der Waals surface area contributed by atoms with Gasteiger partial charge in [0.05, 0.1) is 16.5 Å². The molecule has 3 nitrogen and oxygen atoms in total. The minimum Gasteiger partial charge on any atom is -0.326 e. The lowest BCUT2D eigenvalue weighted by atomic mass is 10.0. The Morgan fingerprint density at radius 2 is 1.70 bits per heavy atom. The molecule has 2 unspecified atom stereocenters. The average molecular weight is 642 g/mol. The van der Waals surface area contributed by atoms with Gasteiger partial charge in [-0.2, -0.15) is 13.2 Å². The van der Waals surface area contributed by atoms with Crippen molar-refractivity contribution in [3.63, 3.8) is 0 Å². The fraction of sp³-hybridized carbons (Fsp3) is 0.200. The molecule has 1 aliphatic rings. The van der Waals surface area contributed by atoms with Gasteiger partial charge in [0.15, 0.2) is 5.78 Å². The van der Waals surface area contributed by atoms with Crippen LogP contribution in [0.25, 0.3) is 0 Å². The van der Waals surface area contributed by atoms with E-state index in [-0.39, 0.29) is 26.3 Å². The Balaban J connectivity index is 1.51. The quantitative estimate of drug-likeness (QED) is 0.167. The van der Waals surface area contributed by atoms with Crippen molar-refractivity contribution in [1.82, 2.24) is 0 Å². The monoisotopic (exact) mass is 639 g/mol. The molecule has 2 atom stereocenters. The van der Waals surface area contributed by atoms with E-state index in [1.54, 1.807) is 0 Å². The highest BCUT2D eigenvalue weighted by atomic mass is 79.9. The van der Waals surface area contributed by atoms with E-state index >= 15 is 0 Å². The summed E-state index contributed by atoms with van der Waals surface area (Å²) in [5, 5.41) is 2.63. The predicted molar refractivity (Wildman–Crippen MR) is 134 cm³/mol. The number of benzene rings is 3. The summed E-state index contributed by atoms with van der Waals surface area (Å²) < 4.78 is 64.5. The van der Waals surface area contributed by atoms with Gasteiger partial charge >= 0.3 is 6.18 Å². The Bertz CT molecular complexity index is 1410. The van der Waals surface area contributed by atoms with Crippen molar-refractivity contribution in [1.29, 1.82) is 0 Å². The number of carbonyl (C=O) groups is 2. The van der Waals surface area contributed by atoms with Gasteiger partial charge in [-0.15, -0.1) is 23.2 Å². The first kappa shape index (κ1) is 27.8. The van der Waals surface area contributed by atoms with Gasteiger partial charge in [-0.05, 0) is 47.5 Å². The maximum atomic E-state index is 14.0. The molecule has 0 spiro atoms. The molecule has 1 fully saturated rings. The van der Waals surface area contributed by atoms with E-state index in [0.717, 1.165) is 18.2 Å². The van der Waals surface area contributed by atoms with Crippen LogP contribution in [-0.4, -0.2) is 16.0 Å². The minimum absolute atomic E-state index is 0.00906. The van der Waals surface area contributed by atoms with Crippen molar-refractivity contribution in [3.8, 4) is 0 Å². The molecule has 4 rings (SSSR count). The van der Waals surface area contributed by atoms with Crippen LogP contribution >= 0.6 is 50.7 Å². The number of amides is 1. The molecule has 0 heterocycles. The number of hydrogen-bond acceptors (Lipinski definition) is 2. The molecule has 0 saturated heterocycles. The summed E-state index contributed by atoms with van der Waals surface area (Å²) in [5.74, 6) is -4.66. The third-order valence-corrected chi connectivity index (χ3v) is 7.82. The lowest BCUT2D eigenvalue weighted by Gasteiger charge is -2.11. The normalized spacial score (nSPS) is 18.4. The van der Waals surface area contributed by atoms with Crippen LogP contribution in [0.2, 0.25) is 5.02 Å². The van der Waals surface area contributed by atoms with E-state index in [0.29, 0.717) is 11.6 Å². The molecule has 1 aliphatic carbocycles. The van der Waals surface area contributed by atoms with Crippen LogP contribution < -0.4 is 5.32 Å². The van der Waals surface area contributed by atoms with E-state index in [4.69, 9.17) is 34.8 Å². The lowest BCUT2D eigenvalue weighted by Crippen LogP contribution is -2.17. The second kappa shape index (κ2) is 10.2. The summed E-state index contributed by atoms with van der Waals surface area (Å²) in [7, 11) is 0. The maximum Gasteiger partial charge on any atom is 0.417 e. The third-order valence-electron chi connectivity index (χ3n) is 5.89. The van der Waals surface area contributed by atoms with Crippen molar-refractivity contribution in [2.24, 2.45) is 5.92 Å². The van der Waals surface area contributed by atoms with Gasteiger partial charge in [-0.25, -0.2) is 8.78 Å². The number of carbonyl (C=O) groups excluding carboxylic acids is 2. The van der Waals surface area contributed by atoms with E-state index in [2.05, 4.69) is 21.2 Å². The third kappa shape index (κ3) is 5.79. The first-order valence-electron chi connectivity index (χ1n) is 10.5. The number of alkyl halides is 5. The number of nitrogens with one attached hydrogen (secondary N) is 1. The summed E-state index contributed by atoms with van der Waals surface area (Å²) >= 11 is 21.6. The predicted octanol–water partition coefficient (Wildman–Crippen LogP) is 8.35. The van der Waals surface area contributed by atoms with Crippen molar-refractivity contribution in [2.45, 2.75) is 22.8 Å². The molecule has 1 amide bonds. The number of anilines is 1. The fourth-order valence-electron chi connectivity index (χ4n) is 3.99. The van der Waals surface area contributed by atoms with E-state index in [1.807, 2.05) is 0 Å². The molecule has 1 N–H and O–H groups in total. The lowest BCUT2D eigenvalue weighted by molar-refractivity contribution is -0.138. The van der Waals surface area contributed by atoms with Gasteiger partial charge in [-0.1, -0.05) is 39.7 Å². The standard InChI is InChI=1S/C25H14BrCl3F5NO2/c26-17-7-12(2-5-16(17)25(32,33)34)21-22(24(21,28)29)23(37)35-14-4-6-18(27)15(10-14)20(36)8-11-1-3-13(30)9-19(11)31/h1-7,9-10,21-22H,8H2,(H,35,37). The van der Waals surface area contributed by atoms with Gasteiger partial charge in [0.25, 0.3) is 0 Å². The average Bonchev–Trinajstić information content (AvgIpc) is 3.38. The highest BCUT2D eigenvalue weighted by molar-refractivity contribution is 9.10. The molecule has 0 aromatic heterocycles. The molecule has 37 heavy (non-hydrogen) atoms. The van der Waals surface area contributed by atoms with E-state index in [9.17, 15) is 31.5 Å². The Morgan fingerprint density at radius 3 is 2.32 bits per heavy atom. The van der Waals surface area contributed by atoms with Gasteiger partial charge in [0, 0.05) is 34.1 Å². The number of halogens is 9. The van der Waals surface area contributed by atoms with Crippen LogP contribution in [0.1, 0.15) is 33.0 Å². The second-order valence-electron chi connectivity index (χ2n) is 8.39. The van der Waals surface area contributed by atoms with Crippen LogP contribution in [0.5, 0.6) is 0 Å². The Morgan fingerprint density at radius 1 is 1.00 bits per heavy atom. The molecule has 3 aromatic carbocycles. The van der Waals surface area contributed by atoms with Crippen LogP contribution in [0, 0.1) is 17.6 Å². The van der Waals surface area contributed by atoms with E-state index in [1.165, 1.54) is 30.3 Å². The summed E-state index contributed by atoms with van der Waals surface area (Å²) in [5.41, 5.74) is -0.426. The Hall–Kier alpha value is -2.20. The second-order valence-corrected chi connectivity index (χ2v) is 11.1. The summed E-state index contributed by atoms with van der Waals surface area (Å²) in [4.78, 5) is 25.7. The Kier molecular flexibility index (Phi) is 7.65. The molecule has 0 aliphatic heterocycles. The van der Waals surface area contributed by atoms with Crippen LogP contribution in [0.3, 0.4) is 0 Å². The molecule has 0 bridgehead atoms. The topological polar surface area (TPSA) is 46.2 Å². The van der Waals surface area contributed by atoms with Crippen LogP contribution in [-0.2, 0) is 17.4 Å². The maximum absolute atomic E-state index is 14.0. The summed E-state index contributed by atoms with van der Waals surface area (Å²) in [6.45, 7) is 0. The zero-order chi connectivity index (χ0) is 27.3. The zero-order valence-corrected chi connectivity index (χ0v) is 22.1. The Labute approximate surface area is 231 Å². The molecule has 0 radical (unpaired) electrons. The number of hydrogen-bond donors (Lipinski definition) is 1. The minimum atomic E-state index is -4.57. The first-order chi connectivity index (χ1) is 17.2. The van der Waals surface area contributed by atoms with Crippen molar-refractivity contribution in [3.05, 3.63) is 98.0 Å². The first-order valence-corrected chi connectivity index (χ1v) is 12.4. The van der Waals surface area contributed by atoms with Gasteiger partial charge < -0.3 is 5.32 Å². The number of Topliss-reactive ketones (excluding diaryl/α,β-unsaturated/α-hetero) is 1. The fourth-order valence-corrected chi connectivity index (χ4v) is 5.66. The molecular weight excluding hydrogens is 628 g/mol. The highest BCUT2D eigenvalue weighted by Crippen LogP contribution is 2.65. The number of ketones is 1. The largest absolute Gasteiger partial charge is 0.417 e. The van der Waals surface area contributed by atoms with Crippen LogP contribution in [0.15, 0.2) is 59.1 Å². The van der Waals surface area contributed by atoms with Crippen molar-refractivity contribution < 1.29 is 31.5 Å². The smallest absolute Gasteiger partial charge is 0.326 e.